The number of benzene rings is 1. The third-order valence-electron chi connectivity index (χ3n) is 2.44. The van der Waals surface area contributed by atoms with Gasteiger partial charge in [-0.15, -0.1) is 0 Å². The molecule has 0 aliphatic rings. The predicted molar refractivity (Wildman–Crippen MR) is 69.2 cm³/mol. The van der Waals surface area contributed by atoms with Gasteiger partial charge in [0.2, 0.25) is 0 Å². The number of halogens is 1. The molecule has 0 aliphatic carbocycles. The van der Waals surface area contributed by atoms with E-state index in [4.69, 9.17) is 16.3 Å². The van der Waals surface area contributed by atoms with E-state index in [-0.39, 0.29) is 11.9 Å². The Hall–Kier alpha value is -1.06. The van der Waals surface area contributed by atoms with Crippen molar-refractivity contribution < 1.29 is 9.53 Å². The molecule has 0 bridgehead atoms. The minimum atomic E-state index is -0.168. The first-order valence-electron chi connectivity index (χ1n) is 5.73. The van der Waals surface area contributed by atoms with Crippen LogP contribution in [0.2, 0.25) is 5.02 Å². The summed E-state index contributed by atoms with van der Waals surface area (Å²) in [5, 5.41) is 3.70. The molecule has 3 nitrogen and oxygen atoms in total. The van der Waals surface area contributed by atoms with Crippen molar-refractivity contribution in [3.8, 4) is 0 Å². The minimum Gasteiger partial charge on any atom is -0.466 e. The molecule has 94 valence electrons. The van der Waals surface area contributed by atoms with Crippen molar-refractivity contribution in [1.82, 2.24) is 5.32 Å². The third-order valence-corrected chi connectivity index (χ3v) is 2.68. The number of hydrogen-bond donors (Lipinski definition) is 1. The van der Waals surface area contributed by atoms with E-state index in [1.165, 1.54) is 0 Å². The lowest BCUT2D eigenvalue weighted by Crippen LogP contribution is -2.29. The van der Waals surface area contributed by atoms with Crippen LogP contribution in [0.25, 0.3) is 0 Å². The molecule has 1 rings (SSSR count). The highest BCUT2D eigenvalue weighted by Crippen LogP contribution is 2.15. The van der Waals surface area contributed by atoms with E-state index >= 15 is 0 Å². The highest BCUT2D eigenvalue weighted by Gasteiger charge is 2.19. The summed E-state index contributed by atoms with van der Waals surface area (Å²) in [5.41, 5.74) is 1.05. The molecule has 1 N–H and O–H groups in total. The highest BCUT2D eigenvalue weighted by molar-refractivity contribution is 6.30. The van der Waals surface area contributed by atoms with Gasteiger partial charge in [-0.05, 0) is 38.1 Å². The van der Waals surface area contributed by atoms with Gasteiger partial charge >= 0.3 is 5.97 Å². The molecule has 0 amide bonds. The number of hydrogen-bond acceptors (Lipinski definition) is 3. The third kappa shape index (κ3) is 4.75. The first-order valence-corrected chi connectivity index (χ1v) is 6.10. The second kappa shape index (κ2) is 7.30. The maximum atomic E-state index is 11.7. The quantitative estimate of drug-likeness (QED) is 0.793. The predicted octanol–water partition coefficient (Wildman–Crippen LogP) is 2.28. The number of rotatable bonds is 6. The molecule has 0 saturated carbocycles. The lowest BCUT2D eigenvalue weighted by molar-refractivity contribution is -0.147. The zero-order chi connectivity index (χ0) is 12.7. The van der Waals surface area contributed by atoms with Crippen LogP contribution in [0.3, 0.4) is 0 Å². The standard InChI is InChI=1S/C13H18ClNO2/c1-3-17-13(16)11(9-15-2)7-10-5-4-6-12(14)8-10/h4-6,8,11,15H,3,7,9H2,1-2H3/t11-/m0/s1. The summed E-state index contributed by atoms with van der Waals surface area (Å²) in [6.45, 7) is 2.83. The maximum Gasteiger partial charge on any atom is 0.310 e. The Morgan fingerprint density at radius 1 is 1.53 bits per heavy atom. The number of carbonyl (C=O) groups is 1. The Bertz CT molecular complexity index is 368. The number of nitrogens with one attached hydrogen (secondary N) is 1. The maximum absolute atomic E-state index is 11.7. The topological polar surface area (TPSA) is 38.3 Å². The lowest BCUT2D eigenvalue weighted by Gasteiger charge is -2.15. The van der Waals surface area contributed by atoms with Crippen LogP contribution < -0.4 is 5.32 Å². The second-order valence-corrected chi connectivity index (χ2v) is 4.28. The zero-order valence-corrected chi connectivity index (χ0v) is 11.0. The van der Waals surface area contributed by atoms with Crippen LogP contribution in [0.4, 0.5) is 0 Å². The van der Waals surface area contributed by atoms with Crippen LogP contribution in [0.15, 0.2) is 24.3 Å². The van der Waals surface area contributed by atoms with Crippen molar-refractivity contribution in [2.75, 3.05) is 20.2 Å². The largest absolute Gasteiger partial charge is 0.466 e. The molecule has 0 radical (unpaired) electrons. The molecule has 0 heterocycles. The molecule has 0 spiro atoms. The van der Waals surface area contributed by atoms with E-state index in [2.05, 4.69) is 5.32 Å². The van der Waals surface area contributed by atoms with Crippen molar-refractivity contribution in [2.24, 2.45) is 5.92 Å². The van der Waals surface area contributed by atoms with Gasteiger partial charge in [-0.3, -0.25) is 4.79 Å². The van der Waals surface area contributed by atoms with Crippen molar-refractivity contribution >= 4 is 17.6 Å². The van der Waals surface area contributed by atoms with Gasteiger partial charge in [0.15, 0.2) is 0 Å². The molecule has 0 saturated heterocycles. The first kappa shape index (κ1) is 14.0. The van der Waals surface area contributed by atoms with Crippen LogP contribution in [0, 0.1) is 5.92 Å². The summed E-state index contributed by atoms with van der Waals surface area (Å²) < 4.78 is 5.05. The zero-order valence-electron chi connectivity index (χ0n) is 10.2. The molecule has 1 aromatic carbocycles. The van der Waals surface area contributed by atoms with Gasteiger partial charge in [0, 0.05) is 11.6 Å². The van der Waals surface area contributed by atoms with Gasteiger partial charge < -0.3 is 10.1 Å². The van der Waals surface area contributed by atoms with Crippen molar-refractivity contribution in [3.05, 3.63) is 34.9 Å². The van der Waals surface area contributed by atoms with E-state index in [9.17, 15) is 4.79 Å². The van der Waals surface area contributed by atoms with Gasteiger partial charge in [-0.1, -0.05) is 23.7 Å². The van der Waals surface area contributed by atoms with Crippen LogP contribution in [0.5, 0.6) is 0 Å². The Labute approximate surface area is 107 Å². The average Bonchev–Trinajstić information content (AvgIpc) is 2.29. The van der Waals surface area contributed by atoms with E-state index in [0.717, 1.165) is 5.56 Å². The highest BCUT2D eigenvalue weighted by atomic mass is 35.5. The number of carbonyl (C=O) groups excluding carboxylic acids is 1. The minimum absolute atomic E-state index is 0.165. The van der Waals surface area contributed by atoms with Crippen LogP contribution >= 0.6 is 11.6 Å². The molecular weight excluding hydrogens is 238 g/mol. The smallest absolute Gasteiger partial charge is 0.310 e. The summed E-state index contributed by atoms with van der Waals surface area (Å²) in [6, 6.07) is 7.55. The Morgan fingerprint density at radius 3 is 2.88 bits per heavy atom. The Balaban J connectivity index is 2.69. The molecule has 0 aromatic heterocycles. The van der Waals surface area contributed by atoms with E-state index in [0.29, 0.717) is 24.6 Å². The fraction of sp³-hybridized carbons (Fsp3) is 0.462. The molecule has 0 aliphatic heterocycles. The van der Waals surface area contributed by atoms with Gasteiger partial charge in [0.25, 0.3) is 0 Å². The fourth-order valence-electron chi connectivity index (χ4n) is 1.69. The molecule has 0 fully saturated rings. The SMILES string of the molecule is CCOC(=O)[C@H](CNC)Cc1cccc(Cl)c1. The molecule has 1 aromatic rings. The molecule has 4 heteroatoms. The fourth-order valence-corrected chi connectivity index (χ4v) is 1.91. The molecular formula is C13H18ClNO2. The second-order valence-electron chi connectivity index (χ2n) is 3.84. The molecule has 0 unspecified atom stereocenters. The number of ether oxygens (including phenoxy) is 1. The summed E-state index contributed by atoms with van der Waals surface area (Å²) in [7, 11) is 1.82. The van der Waals surface area contributed by atoms with Gasteiger partial charge in [-0.2, -0.15) is 0 Å². The van der Waals surface area contributed by atoms with Gasteiger partial charge in [0.05, 0.1) is 12.5 Å². The van der Waals surface area contributed by atoms with E-state index in [1.807, 2.05) is 38.2 Å². The lowest BCUT2D eigenvalue weighted by atomic mass is 9.99. The summed E-state index contributed by atoms with van der Waals surface area (Å²) in [5.74, 6) is -0.333. The summed E-state index contributed by atoms with van der Waals surface area (Å²) in [6.07, 6.45) is 0.639. The first-order chi connectivity index (χ1) is 8.17. The van der Waals surface area contributed by atoms with E-state index < -0.39 is 0 Å². The summed E-state index contributed by atoms with van der Waals surface area (Å²) >= 11 is 5.91. The monoisotopic (exact) mass is 255 g/mol. The van der Waals surface area contributed by atoms with Gasteiger partial charge in [-0.25, -0.2) is 0 Å². The van der Waals surface area contributed by atoms with E-state index in [1.54, 1.807) is 0 Å². The van der Waals surface area contributed by atoms with Crippen molar-refractivity contribution in [1.29, 1.82) is 0 Å². The Kier molecular flexibility index (Phi) is 6.01. The van der Waals surface area contributed by atoms with Gasteiger partial charge in [0.1, 0.15) is 0 Å². The van der Waals surface area contributed by atoms with Crippen LogP contribution in [-0.2, 0) is 16.0 Å². The van der Waals surface area contributed by atoms with Crippen molar-refractivity contribution in [3.63, 3.8) is 0 Å². The molecule has 1 atom stereocenters. The van der Waals surface area contributed by atoms with Crippen LogP contribution in [-0.4, -0.2) is 26.2 Å². The molecule has 17 heavy (non-hydrogen) atoms. The normalized spacial score (nSPS) is 12.2. The number of esters is 1. The summed E-state index contributed by atoms with van der Waals surface area (Å²) in [4.78, 5) is 11.7. The average molecular weight is 256 g/mol. The van der Waals surface area contributed by atoms with Crippen molar-refractivity contribution in [2.45, 2.75) is 13.3 Å². The Morgan fingerprint density at radius 2 is 2.29 bits per heavy atom. The van der Waals surface area contributed by atoms with Crippen LogP contribution in [0.1, 0.15) is 12.5 Å².